The van der Waals surface area contributed by atoms with Gasteiger partial charge in [0.15, 0.2) is 0 Å². The van der Waals surface area contributed by atoms with Crippen LogP contribution in [0.4, 0.5) is 0 Å². The Morgan fingerprint density at radius 3 is 2.19 bits per heavy atom. The average molecular weight is 403 g/mol. The van der Waals surface area contributed by atoms with Gasteiger partial charge in [0.25, 0.3) is 0 Å². The first kappa shape index (κ1) is 14.5. The molecule has 0 N–H and O–H groups in total. The molecule has 0 saturated heterocycles. The van der Waals surface area contributed by atoms with Crippen LogP contribution in [-0.4, -0.2) is 4.98 Å². The number of aromatic nitrogens is 1. The van der Waals surface area contributed by atoms with E-state index >= 15 is 0 Å². The average Bonchev–Trinajstić information content (AvgIpc) is 2.56. The van der Waals surface area contributed by atoms with Gasteiger partial charge in [-0.25, -0.2) is 0 Å². The van der Waals surface area contributed by atoms with Gasteiger partial charge < -0.3 is 0 Å². The van der Waals surface area contributed by atoms with Crippen LogP contribution in [0, 0.1) is 0 Å². The summed E-state index contributed by atoms with van der Waals surface area (Å²) in [4.78, 5) is 4.61. The lowest BCUT2D eigenvalue weighted by molar-refractivity contribution is 1.19. The summed E-state index contributed by atoms with van der Waals surface area (Å²) in [6.45, 7) is 0. The monoisotopic (exact) mass is 401 g/mol. The lowest BCUT2D eigenvalue weighted by atomic mass is 9.99. The fourth-order valence-electron chi connectivity index (χ4n) is 2.27. The molecule has 0 aliphatic rings. The van der Waals surface area contributed by atoms with Crippen molar-refractivity contribution in [2.75, 3.05) is 0 Å². The topological polar surface area (TPSA) is 12.9 Å². The van der Waals surface area contributed by atoms with Crippen LogP contribution in [0.2, 0.25) is 0 Å². The van der Waals surface area contributed by atoms with E-state index in [0.717, 1.165) is 21.1 Å². The van der Waals surface area contributed by atoms with Crippen LogP contribution in [0.25, 0.3) is 22.3 Å². The Labute approximate surface area is 141 Å². The van der Waals surface area contributed by atoms with Gasteiger partial charge in [0, 0.05) is 27.1 Å². The summed E-state index contributed by atoms with van der Waals surface area (Å²) in [5, 5.41) is 0.744. The number of halogens is 2. The Morgan fingerprint density at radius 2 is 1.52 bits per heavy atom. The Hall–Kier alpha value is -1.45. The summed E-state index contributed by atoms with van der Waals surface area (Å²) in [5.74, 6) is 0. The van der Waals surface area contributed by atoms with Crippen molar-refractivity contribution < 1.29 is 0 Å². The predicted molar refractivity (Wildman–Crippen MR) is 95.4 cm³/mol. The molecule has 3 rings (SSSR count). The minimum Gasteiger partial charge on any atom is -0.259 e. The highest BCUT2D eigenvalue weighted by atomic mass is 79.9. The van der Waals surface area contributed by atoms with Gasteiger partial charge in [0.1, 0.15) is 0 Å². The molecule has 0 saturated carbocycles. The van der Waals surface area contributed by atoms with E-state index in [1.807, 2.05) is 24.4 Å². The third-order valence-corrected chi connectivity index (χ3v) is 4.42. The second-order valence-electron chi connectivity index (χ2n) is 4.72. The van der Waals surface area contributed by atoms with Crippen LogP contribution in [0.3, 0.4) is 0 Å². The lowest BCUT2D eigenvalue weighted by Gasteiger charge is -2.10. The van der Waals surface area contributed by atoms with Crippen molar-refractivity contribution in [3.8, 4) is 22.3 Å². The molecule has 0 amide bonds. The first-order valence-corrected chi connectivity index (χ1v) is 8.55. The quantitative estimate of drug-likeness (QED) is 0.484. The van der Waals surface area contributed by atoms with E-state index in [2.05, 4.69) is 79.3 Å². The number of rotatable bonds is 3. The summed E-state index contributed by atoms with van der Waals surface area (Å²) in [6, 6.07) is 20.9. The molecule has 3 aromatic rings. The Bertz CT molecular complexity index is 737. The summed E-state index contributed by atoms with van der Waals surface area (Å²) in [5.41, 5.74) is 5.72. The van der Waals surface area contributed by atoms with E-state index in [9.17, 15) is 0 Å². The van der Waals surface area contributed by atoms with E-state index in [1.165, 1.54) is 16.7 Å². The smallest absolute Gasteiger partial charge is 0.0587 e. The highest BCUT2D eigenvalue weighted by molar-refractivity contribution is 9.10. The Balaban J connectivity index is 2.12. The maximum atomic E-state index is 4.61. The molecule has 2 aromatic carbocycles. The maximum Gasteiger partial charge on any atom is 0.0587 e. The standard InChI is InChI=1S/C18H13Br2N/c19-11-18-17(14-6-8-16(20)9-7-14)10-15(12-21-18)13-4-2-1-3-5-13/h1-10,12H,11H2. The molecule has 104 valence electrons. The van der Waals surface area contributed by atoms with Crippen LogP contribution in [0.5, 0.6) is 0 Å². The van der Waals surface area contributed by atoms with Crippen LogP contribution < -0.4 is 0 Å². The summed E-state index contributed by atoms with van der Waals surface area (Å²) in [7, 11) is 0. The fraction of sp³-hybridized carbons (Fsp3) is 0.0556. The molecule has 0 aliphatic heterocycles. The zero-order valence-electron chi connectivity index (χ0n) is 11.3. The van der Waals surface area contributed by atoms with Gasteiger partial charge in [0.2, 0.25) is 0 Å². The van der Waals surface area contributed by atoms with Crippen LogP contribution >= 0.6 is 31.9 Å². The van der Waals surface area contributed by atoms with Gasteiger partial charge >= 0.3 is 0 Å². The highest BCUT2D eigenvalue weighted by Crippen LogP contribution is 2.30. The SMILES string of the molecule is BrCc1ncc(-c2ccccc2)cc1-c1ccc(Br)cc1. The number of hydrogen-bond donors (Lipinski definition) is 0. The maximum absolute atomic E-state index is 4.61. The molecule has 1 aromatic heterocycles. The molecular weight excluding hydrogens is 390 g/mol. The molecule has 3 heteroatoms. The molecule has 1 nitrogen and oxygen atoms in total. The van der Waals surface area contributed by atoms with Gasteiger partial charge in [-0.05, 0) is 29.3 Å². The lowest BCUT2D eigenvalue weighted by Crippen LogP contribution is -1.92. The summed E-state index contributed by atoms with van der Waals surface area (Å²) >= 11 is 7.01. The van der Waals surface area contributed by atoms with E-state index in [0.29, 0.717) is 0 Å². The number of hydrogen-bond acceptors (Lipinski definition) is 1. The first-order valence-electron chi connectivity index (χ1n) is 6.64. The van der Waals surface area contributed by atoms with Crippen molar-refractivity contribution in [2.45, 2.75) is 5.33 Å². The molecule has 0 aliphatic carbocycles. The molecule has 0 spiro atoms. The molecule has 0 bridgehead atoms. The predicted octanol–water partition coefficient (Wildman–Crippen LogP) is 6.07. The van der Waals surface area contributed by atoms with E-state index in [1.54, 1.807) is 0 Å². The number of alkyl halides is 1. The molecule has 0 radical (unpaired) electrons. The largest absolute Gasteiger partial charge is 0.259 e. The van der Waals surface area contributed by atoms with Crippen molar-refractivity contribution in [2.24, 2.45) is 0 Å². The van der Waals surface area contributed by atoms with Gasteiger partial charge in [-0.2, -0.15) is 0 Å². The third-order valence-electron chi connectivity index (χ3n) is 3.36. The van der Waals surface area contributed by atoms with E-state index in [-0.39, 0.29) is 0 Å². The second-order valence-corrected chi connectivity index (χ2v) is 6.20. The Morgan fingerprint density at radius 1 is 0.810 bits per heavy atom. The minimum atomic E-state index is 0.744. The Kier molecular flexibility index (Phi) is 4.51. The summed E-state index contributed by atoms with van der Waals surface area (Å²) < 4.78 is 1.08. The molecule has 0 fully saturated rings. The zero-order valence-corrected chi connectivity index (χ0v) is 14.4. The van der Waals surface area contributed by atoms with Crippen LogP contribution in [-0.2, 0) is 5.33 Å². The molecule has 1 heterocycles. The van der Waals surface area contributed by atoms with Crippen molar-refractivity contribution in [1.82, 2.24) is 4.98 Å². The van der Waals surface area contributed by atoms with Crippen molar-refractivity contribution in [3.63, 3.8) is 0 Å². The second kappa shape index (κ2) is 6.54. The van der Waals surface area contributed by atoms with Gasteiger partial charge in [0.05, 0.1) is 5.69 Å². The number of nitrogens with zero attached hydrogens (tertiary/aromatic N) is 1. The zero-order chi connectivity index (χ0) is 14.7. The molecule has 0 unspecified atom stereocenters. The van der Waals surface area contributed by atoms with Crippen molar-refractivity contribution in [3.05, 3.63) is 77.0 Å². The van der Waals surface area contributed by atoms with Crippen LogP contribution in [0.1, 0.15) is 5.69 Å². The minimum absolute atomic E-state index is 0.744. The third kappa shape index (κ3) is 3.25. The van der Waals surface area contributed by atoms with E-state index in [4.69, 9.17) is 0 Å². The van der Waals surface area contributed by atoms with Crippen LogP contribution in [0.15, 0.2) is 71.3 Å². The van der Waals surface area contributed by atoms with Crippen molar-refractivity contribution >= 4 is 31.9 Å². The number of benzene rings is 2. The van der Waals surface area contributed by atoms with Crippen molar-refractivity contribution in [1.29, 1.82) is 0 Å². The number of pyridine rings is 1. The normalized spacial score (nSPS) is 10.6. The fourth-order valence-corrected chi connectivity index (χ4v) is 2.98. The first-order chi connectivity index (χ1) is 10.3. The highest BCUT2D eigenvalue weighted by Gasteiger charge is 2.08. The van der Waals surface area contributed by atoms with Gasteiger partial charge in [-0.15, -0.1) is 0 Å². The molecule has 21 heavy (non-hydrogen) atoms. The van der Waals surface area contributed by atoms with Gasteiger partial charge in [-0.3, -0.25) is 4.98 Å². The van der Waals surface area contributed by atoms with E-state index < -0.39 is 0 Å². The summed E-state index contributed by atoms with van der Waals surface area (Å²) in [6.07, 6.45) is 1.94. The molecular formula is C18H13Br2N. The van der Waals surface area contributed by atoms with Gasteiger partial charge in [-0.1, -0.05) is 74.3 Å². The molecule has 0 atom stereocenters.